The van der Waals surface area contributed by atoms with Crippen molar-refractivity contribution in [3.8, 4) is 5.82 Å². The monoisotopic (exact) mass is 337 g/mol. The van der Waals surface area contributed by atoms with Gasteiger partial charge in [-0.2, -0.15) is 5.10 Å². The second-order valence-corrected chi connectivity index (χ2v) is 5.09. The standard InChI is InChI=1S/C16H15N7O2/c17-14(24)12-4-1-3-11(7-12)8-20-16(25)22-13-5-2-6-19-15(13)23-10-18-9-21-23/h1-7,9-10H,8H2,(H2,17,24)(H2,20,22,25). The van der Waals surface area contributed by atoms with E-state index in [2.05, 4.69) is 25.7 Å². The van der Waals surface area contributed by atoms with Gasteiger partial charge in [0, 0.05) is 18.3 Å². The summed E-state index contributed by atoms with van der Waals surface area (Å²) < 4.78 is 1.45. The molecule has 9 heteroatoms. The lowest BCUT2D eigenvalue weighted by Crippen LogP contribution is -2.29. The molecule has 4 N–H and O–H groups in total. The van der Waals surface area contributed by atoms with E-state index in [4.69, 9.17) is 5.73 Å². The lowest BCUT2D eigenvalue weighted by Gasteiger charge is -2.11. The summed E-state index contributed by atoms with van der Waals surface area (Å²) in [6.07, 6.45) is 4.46. The van der Waals surface area contributed by atoms with E-state index >= 15 is 0 Å². The minimum absolute atomic E-state index is 0.242. The molecule has 1 aromatic carbocycles. The van der Waals surface area contributed by atoms with E-state index in [9.17, 15) is 9.59 Å². The first-order valence-corrected chi connectivity index (χ1v) is 7.37. The van der Waals surface area contributed by atoms with E-state index in [-0.39, 0.29) is 6.54 Å². The molecule has 0 aliphatic rings. The number of benzene rings is 1. The van der Waals surface area contributed by atoms with E-state index < -0.39 is 11.9 Å². The zero-order valence-electron chi connectivity index (χ0n) is 13.1. The Labute approximate surface area is 142 Å². The summed E-state index contributed by atoms with van der Waals surface area (Å²) in [5.74, 6) is -0.0648. The van der Waals surface area contributed by atoms with Crippen LogP contribution in [0.3, 0.4) is 0 Å². The van der Waals surface area contributed by atoms with Gasteiger partial charge in [-0.1, -0.05) is 12.1 Å². The summed E-state index contributed by atoms with van der Waals surface area (Å²) in [5.41, 5.74) is 6.88. The summed E-state index contributed by atoms with van der Waals surface area (Å²) in [5, 5.41) is 9.43. The fourth-order valence-electron chi connectivity index (χ4n) is 2.18. The third kappa shape index (κ3) is 3.96. The van der Waals surface area contributed by atoms with Gasteiger partial charge in [-0.3, -0.25) is 4.79 Å². The normalized spacial score (nSPS) is 10.2. The number of pyridine rings is 1. The first-order chi connectivity index (χ1) is 12.1. The highest BCUT2D eigenvalue weighted by Crippen LogP contribution is 2.15. The van der Waals surface area contributed by atoms with Crippen molar-refractivity contribution in [3.05, 3.63) is 66.4 Å². The number of nitrogens with two attached hydrogens (primary N) is 1. The van der Waals surface area contributed by atoms with Crippen molar-refractivity contribution < 1.29 is 9.59 Å². The van der Waals surface area contributed by atoms with Crippen LogP contribution in [0.25, 0.3) is 5.82 Å². The van der Waals surface area contributed by atoms with E-state index in [1.165, 1.54) is 17.3 Å². The molecule has 3 aromatic rings. The summed E-state index contributed by atoms with van der Waals surface area (Å²) >= 11 is 0. The van der Waals surface area contributed by atoms with Crippen LogP contribution >= 0.6 is 0 Å². The lowest BCUT2D eigenvalue weighted by molar-refractivity contribution is 0.1000. The molecule has 0 aliphatic carbocycles. The predicted octanol–water partition coefficient (Wildman–Crippen LogP) is 1.08. The Morgan fingerprint density at radius 1 is 1.20 bits per heavy atom. The number of amides is 3. The number of carbonyl (C=O) groups is 2. The van der Waals surface area contributed by atoms with Gasteiger partial charge in [-0.05, 0) is 29.8 Å². The predicted molar refractivity (Wildman–Crippen MR) is 90.0 cm³/mol. The van der Waals surface area contributed by atoms with E-state index in [0.29, 0.717) is 17.1 Å². The number of aromatic nitrogens is 4. The van der Waals surface area contributed by atoms with Crippen molar-refractivity contribution in [2.24, 2.45) is 5.73 Å². The van der Waals surface area contributed by atoms with Crippen molar-refractivity contribution in [1.29, 1.82) is 0 Å². The first kappa shape index (κ1) is 16.1. The maximum Gasteiger partial charge on any atom is 0.319 e. The molecule has 0 bridgehead atoms. The Morgan fingerprint density at radius 3 is 2.84 bits per heavy atom. The molecule has 126 valence electrons. The van der Waals surface area contributed by atoms with Crippen molar-refractivity contribution in [3.63, 3.8) is 0 Å². The van der Waals surface area contributed by atoms with Crippen molar-refractivity contribution in [1.82, 2.24) is 25.1 Å². The Balaban J connectivity index is 1.66. The van der Waals surface area contributed by atoms with Crippen LogP contribution in [-0.4, -0.2) is 31.7 Å². The van der Waals surface area contributed by atoms with Gasteiger partial charge in [0.15, 0.2) is 5.82 Å². The Hall–Kier alpha value is -3.75. The molecule has 0 aliphatic heterocycles. The summed E-state index contributed by atoms with van der Waals surface area (Å²) in [6, 6.07) is 9.73. The van der Waals surface area contributed by atoms with Crippen LogP contribution in [0, 0.1) is 0 Å². The van der Waals surface area contributed by atoms with Crippen LogP contribution in [0.15, 0.2) is 55.2 Å². The molecule has 2 aromatic heterocycles. The number of rotatable bonds is 5. The molecule has 25 heavy (non-hydrogen) atoms. The van der Waals surface area contributed by atoms with E-state index in [1.807, 2.05) is 0 Å². The van der Waals surface area contributed by atoms with Gasteiger partial charge in [0.1, 0.15) is 12.7 Å². The molecular formula is C16H15N7O2. The Kier molecular flexibility index (Phi) is 4.65. The van der Waals surface area contributed by atoms with Crippen LogP contribution in [0.1, 0.15) is 15.9 Å². The highest BCUT2D eigenvalue weighted by molar-refractivity contribution is 5.93. The average molecular weight is 337 g/mol. The summed E-state index contributed by atoms with van der Waals surface area (Å²) in [4.78, 5) is 31.4. The van der Waals surface area contributed by atoms with Gasteiger partial charge in [0.25, 0.3) is 0 Å². The molecule has 0 saturated carbocycles. The third-order valence-electron chi connectivity index (χ3n) is 3.34. The molecular weight excluding hydrogens is 322 g/mol. The zero-order chi connectivity index (χ0) is 17.6. The number of hydrogen-bond donors (Lipinski definition) is 3. The lowest BCUT2D eigenvalue weighted by atomic mass is 10.1. The third-order valence-corrected chi connectivity index (χ3v) is 3.34. The smallest absolute Gasteiger partial charge is 0.319 e. The molecule has 0 atom stereocenters. The van der Waals surface area contributed by atoms with Crippen LogP contribution in [0.4, 0.5) is 10.5 Å². The topological polar surface area (TPSA) is 128 Å². The van der Waals surface area contributed by atoms with E-state index in [0.717, 1.165) is 5.56 Å². The second-order valence-electron chi connectivity index (χ2n) is 5.09. The highest BCUT2D eigenvalue weighted by atomic mass is 16.2. The number of anilines is 1. The molecule has 9 nitrogen and oxygen atoms in total. The zero-order valence-corrected chi connectivity index (χ0v) is 13.1. The van der Waals surface area contributed by atoms with Gasteiger partial charge < -0.3 is 16.4 Å². The number of primary amides is 1. The van der Waals surface area contributed by atoms with Crippen molar-refractivity contribution in [2.75, 3.05) is 5.32 Å². The number of urea groups is 1. The van der Waals surface area contributed by atoms with Crippen LogP contribution in [0.2, 0.25) is 0 Å². The minimum atomic E-state index is -0.515. The molecule has 2 heterocycles. The van der Waals surface area contributed by atoms with Gasteiger partial charge in [0.2, 0.25) is 5.91 Å². The molecule has 0 saturated heterocycles. The highest BCUT2D eigenvalue weighted by Gasteiger charge is 2.10. The van der Waals surface area contributed by atoms with Crippen LogP contribution in [-0.2, 0) is 6.54 Å². The SMILES string of the molecule is NC(=O)c1cccc(CNC(=O)Nc2cccnc2-n2cncn2)c1. The maximum absolute atomic E-state index is 12.1. The largest absolute Gasteiger partial charge is 0.366 e. The molecule has 0 spiro atoms. The molecule has 3 amide bonds. The fraction of sp³-hybridized carbons (Fsp3) is 0.0625. The number of nitrogens with one attached hydrogen (secondary N) is 2. The molecule has 0 radical (unpaired) electrons. The van der Waals surface area contributed by atoms with Crippen molar-refractivity contribution >= 4 is 17.6 Å². The van der Waals surface area contributed by atoms with Gasteiger partial charge in [-0.25, -0.2) is 19.4 Å². The van der Waals surface area contributed by atoms with Gasteiger partial charge in [-0.15, -0.1) is 0 Å². The van der Waals surface area contributed by atoms with Gasteiger partial charge in [0.05, 0.1) is 5.69 Å². The molecule has 0 unspecified atom stereocenters. The Bertz CT molecular complexity index is 893. The number of hydrogen-bond acceptors (Lipinski definition) is 5. The quantitative estimate of drug-likeness (QED) is 0.642. The minimum Gasteiger partial charge on any atom is -0.366 e. The molecule has 0 fully saturated rings. The van der Waals surface area contributed by atoms with Crippen LogP contribution < -0.4 is 16.4 Å². The van der Waals surface area contributed by atoms with E-state index in [1.54, 1.807) is 42.6 Å². The second kappa shape index (κ2) is 7.21. The molecule has 3 rings (SSSR count). The first-order valence-electron chi connectivity index (χ1n) is 7.37. The maximum atomic E-state index is 12.1. The van der Waals surface area contributed by atoms with Gasteiger partial charge >= 0.3 is 6.03 Å². The van der Waals surface area contributed by atoms with Crippen molar-refractivity contribution in [2.45, 2.75) is 6.54 Å². The number of nitrogens with zero attached hydrogens (tertiary/aromatic N) is 4. The Morgan fingerprint density at radius 2 is 2.08 bits per heavy atom. The fourth-order valence-corrected chi connectivity index (χ4v) is 2.18. The van der Waals surface area contributed by atoms with Crippen LogP contribution in [0.5, 0.6) is 0 Å². The average Bonchev–Trinajstić information content (AvgIpc) is 3.15. The number of carbonyl (C=O) groups excluding carboxylic acids is 2. The summed E-state index contributed by atoms with van der Waals surface area (Å²) in [6.45, 7) is 0.242. The summed E-state index contributed by atoms with van der Waals surface area (Å²) in [7, 11) is 0.